The van der Waals surface area contributed by atoms with Crippen molar-refractivity contribution in [3.63, 3.8) is 0 Å². The molecule has 0 bridgehead atoms. The Kier molecular flexibility index (Phi) is 4.69. The van der Waals surface area contributed by atoms with Gasteiger partial charge in [0.05, 0.1) is 0 Å². The number of rotatable bonds is 5. The highest BCUT2D eigenvalue weighted by Crippen LogP contribution is 2.61. The zero-order chi connectivity index (χ0) is 22.0. The first-order valence-electron chi connectivity index (χ1n) is 10.0. The molecule has 164 valence electrons. The molecular weight excluding hydrogens is 442 g/mol. The fourth-order valence-electron chi connectivity index (χ4n) is 4.69. The second-order valence-corrected chi connectivity index (χ2v) is 11.3. The molecule has 2 heterocycles. The van der Waals surface area contributed by atoms with Crippen molar-refractivity contribution in [2.45, 2.75) is 42.7 Å². The van der Waals surface area contributed by atoms with Gasteiger partial charge in [0.15, 0.2) is 17.2 Å². The van der Waals surface area contributed by atoms with E-state index < -0.39 is 15.9 Å². The predicted octanol–water partition coefficient (Wildman–Crippen LogP) is 3.78. The molecule has 5 rings (SSSR count). The molecule has 31 heavy (non-hydrogen) atoms. The highest BCUT2D eigenvalue weighted by atomic mass is 35.5. The van der Waals surface area contributed by atoms with E-state index >= 15 is 0 Å². The monoisotopic (exact) mass is 463 g/mol. The van der Waals surface area contributed by atoms with Crippen molar-refractivity contribution >= 4 is 38.6 Å². The lowest BCUT2D eigenvalue weighted by molar-refractivity contribution is -0.0256. The second-order valence-electron chi connectivity index (χ2n) is 8.75. The number of halogens is 1. The molecule has 2 aromatic heterocycles. The Morgan fingerprint density at radius 3 is 2.61 bits per heavy atom. The first-order valence-corrected chi connectivity index (χ1v) is 11.9. The molecule has 0 aliphatic heterocycles. The molecule has 8 nitrogen and oxygen atoms in total. The number of sulfonamides is 1. The van der Waals surface area contributed by atoms with E-state index in [1.165, 1.54) is 26.2 Å². The molecule has 1 aromatic carbocycles. The topological polar surface area (TPSA) is 106 Å². The Morgan fingerprint density at radius 2 is 1.90 bits per heavy atom. The van der Waals surface area contributed by atoms with Crippen LogP contribution in [0.15, 0.2) is 44.3 Å². The molecule has 3 aromatic rings. The summed E-state index contributed by atoms with van der Waals surface area (Å²) in [5.74, 6) is 0.636. The third kappa shape index (κ3) is 3.54. The molecule has 0 saturated heterocycles. The van der Waals surface area contributed by atoms with Crippen LogP contribution in [0, 0.1) is 5.41 Å². The van der Waals surface area contributed by atoms with Crippen molar-refractivity contribution in [1.29, 1.82) is 0 Å². The van der Waals surface area contributed by atoms with Gasteiger partial charge in [-0.3, -0.25) is 4.79 Å². The fraction of sp³-hybridized carbons (Fsp3) is 0.429. The van der Waals surface area contributed by atoms with Gasteiger partial charge >= 0.3 is 0 Å². The number of hydrogen-bond acceptors (Lipinski definition) is 6. The first-order chi connectivity index (χ1) is 14.6. The van der Waals surface area contributed by atoms with Crippen LogP contribution in [0.2, 0.25) is 5.02 Å². The number of carbonyl (C=O) groups excluding carboxylic acids is 1. The minimum absolute atomic E-state index is 0.00185. The van der Waals surface area contributed by atoms with Crippen molar-refractivity contribution < 1.29 is 22.0 Å². The second kappa shape index (κ2) is 7.08. The lowest BCUT2D eigenvalue weighted by Crippen LogP contribution is -2.55. The standard InChI is InChI=1S/C21H22ClN3O5S/c1-25(2)31(27,28)18-6-5-17(29-18)19(26)23-14-10-21(11-14)8-12(9-21)20-24-15-7-13(22)3-4-16(15)30-20/h3-7,12,14H,8-11H2,1-2H3,(H,23,26). The smallest absolute Gasteiger partial charge is 0.287 e. The Balaban J connectivity index is 1.16. The summed E-state index contributed by atoms with van der Waals surface area (Å²) in [4.78, 5) is 17.0. The molecule has 2 saturated carbocycles. The van der Waals surface area contributed by atoms with Crippen molar-refractivity contribution in [3.8, 4) is 0 Å². The average molecular weight is 464 g/mol. The van der Waals surface area contributed by atoms with Gasteiger partial charge in [-0.1, -0.05) is 11.6 Å². The number of fused-ring (bicyclic) bond motifs is 1. The van der Waals surface area contributed by atoms with Crippen molar-refractivity contribution in [3.05, 3.63) is 47.0 Å². The highest BCUT2D eigenvalue weighted by molar-refractivity contribution is 7.88. The van der Waals surface area contributed by atoms with Crippen LogP contribution >= 0.6 is 11.6 Å². The van der Waals surface area contributed by atoms with Gasteiger partial charge in [0.1, 0.15) is 5.52 Å². The lowest BCUT2D eigenvalue weighted by Gasteiger charge is -2.57. The average Bonchev–Trinajstić information content (AvgIpc) is 3.29. The largest absolute Gasteiger partial charge is 0.440 e. The van der Waals surface area contributed by atoms with Gasteiger partial charge in [-0.15, -0.1) is 0 Å². The zero-order valence-corrected chi connectivity index (χ0v) is 18.7. The van der Waals surface area contributed by atoms with Gasteiger partial charge in [0, 0.05) is 31.1 Å². The SMILES string of the molecule is CN(C)S(=O)(=O)c1ccc(C(=O)NC2CC3(C2)CC(c2nc4cc(Cl)ccc4o2)C3)o1. The third-order valence-corrected chi connectivity index (χ3v) is 8.23. The zero-order valence-electron chi connectivity index (χ0n) is 17.1. The predicted molar refractivity (Wildman–Crippen MR) is 113 cm³/mol. The Bertz CT molecular complexity index is 1270. The summed E-state index contributed by atoms with van der Waals surface area (Å²) in [5, 5.41) is 3.33. The molecular formula is C21H22ClN3O5S. The number of benzene rings is 1. The number of nitrogens with zero attached hydrogens (tertiary/aromatic N) is 2. The van der Waals surface area contributed by atoms with Crippen LogP contribution in [0.4, 0.5) is 0 Å². The van der Waals surface area contributed by atoms with E-state index in [1.807, 2.05) is 6.07 Å². The number of oxazole rings is 1. The molecule has 1 spiro atoms. The summed E-state index contributed by atoms with van der Waals surface area (Å²) in [5.41, 5.74) is 1.73. The summed E-state index contributed by atoms with van der Waals surface area (Å²) < 4.78 is 36.4. The number of carbonyl (C=O) groups is 1. The van der Waals surface area contributed by atoms with E-state index in [0.29, 0.717) is 5.02 Å². The molecule has 1 N–H and O–H groups in total. The molecule has 10 heteroatoms. The van der Waals surface area contributed by atoms with Gasteiger partial charge < -0.3 is 14.2 Å². The van der Waals surface area contributed by atoms with Gasteiger partial charge in [-0.25, -0.2) is 17.7 Å². The Morgan fingerprint density at radius 1 is 1.16 bits per heavy atom. The Hall–Kier alpha value is -2.36. The molecule has 2 aliphatic rings. The van der Waals surface area contributed by atoms with Crippen molar-refractivity contribution in [2.24, 2.45) is 5.41 Å². The van der Waals surface area contributed by atoms with Crippen molar-refractivity contribution in [2.75, 3.05) is 14.1 Å². The van der Waals surface area contributed by atoms with E-state index in [-0.39, 0.29) is 28.2 Å². The van der Waals surface area contributed by atoms with Crippen LogP contribution in [-0.4, -0.2) is 43.8 Å². The quantitative estimate of drug-likeness (QED) is 0.617. The number of aromatic nitrogens is 1. The maximum absolute atomic E-state index is 12.4. The molecule has 0 atom stereocenters. The summed E-state index contributed by atoms with van der Waals surface area (Å²) in [6, 6.07) is 8.17. The van der Waals surface area contributed by atoms with E-state index in [1.54, 1.807) is 12.1 Å². The van der Waals surface area contributed by atoms with Gasteiger partial charge in [-0.2, -0.15) is 0 Å². The molecule has 2 aliphatic carbocycles. The maximum Gasteiger partial charge on any atom is 0.287 e. The van der Waals surface area contributed by atoms with E-state index in [0.717, 1.165) is 47.0 Å². The minimum Gasteiger partial charge on any atom is -0.440 e. The minimum atomic E-state index is -3.70. The highest BCUT2D eigenvalue weighted by Gasteiger charge is 2.54. The molecule has 0 radical (unpaired) electrons. The lowest BCUT2D eigenvalue weighted by atomic mass is 9.50. The van der Waals surface area contributed by atoms with Gasteiger partial charge in [0.2, 0.25) is 5.09 Å². The van der Waals surface area contributed by atoms with E-state index in [4.69, 9.17) is 20.4 Å². The number of amides is 1. The number of furan rings is 1. The molecule has 2 fully saturated rings. The van der Waals surface area contributed by atoms with Crippen LogP contribution in [0.3, 0.4) is 0 Å². The third-order valence-electron chi connectivity index (χ3n) is 6.31. The Labute approximate surface area is 184 Å². The summed E-state index contributed by atoms with van der Waals surface area (Å²) in [6.45, 7) is 0. The summed E-state index contributed by atoms with van der Waals surface area (Å²) in [6.07, 6.45) is 3.72. The normalized spacial score (nSPS) is 25.5. The number of nitrogens with one attached hydrogen (secondary N) is 1. The van der Waals surface area contributed by atoms with E-state index in [9.17, 15) is 13.2 Å². The van der Waals surface area contributed by atoms with Crippen LogP contribution in [0.25, 0.3) is 11.1 Å². The molecule has 1 amide bonds. The van der Waals surface area contributed by atoms with Crippen molar-refractivity contribution in [1.82, 2.24) is 14.6 Å². The van der Waals surface area contributed by atoms with Crippen LogP contribution in [0.1, 0.15) is 48.0 Å². The van der Waals surface area contributed by atoms with E-state index in [2.05, 4.69) is 10.3 Å². The summed E-state index contributed by atoms with van der Waals surface area (Å²) in [7, 11) is -0.883. The summed E-state index contributed by atoms with van der Waals surface area (Å²) >= 11 is 6.02. The van der Waals surface area contributed by atoms with Crippen LogP contribution in [0.5, 0.6) is 0 Å². The van der Waals surface area contributed by atoms with Crippen LogP contribution < -0.4 is 5.32 Å². The number of hydrogen-bond donors (Lipinski definition) is 1. The van der Waals surface area contributed by atoms with Gasteiger partial charge in [-0.05, 0) is 61.4 Å². The maximum atomic E-state index is 12.4. The van der Waals surface area contributed by atoms with Crippen LogP contribution in [-0.2, 0) is 10.0 Å². The fourth-order valence-corrected chi connectivity index (χ4v) is 5.65. The first kappa shape index (κ1) is 20.5. The van der Waals surface area contributed by atoms with Gasteiger partial charge in [0.25, 0.3) is 15.9 Å². The molecule has 0 unspecified atom stereocenters.